The van der Waals surface area contributed by atoms with Gasteiger partial charge in [-0.3, -0.25) is 14.4 Å². The molecule has 7 N–H and O–H groups in total. The first-order chi connectivity index (χ1) is 24.3. The molecule has 0 saturated heterocycles. The Labute approximate surface area is 302 Å². The zero-order chi connectivity index (χ0) is 39.0. The molecule has 0 unspecified atom stereocenters. The van der Waals surface area contributed by atoms with Crippen LogP contribution >= 0.6 is 0 Å². The molecular formula is C38H49NO13. The van der Waals surface area contributed by atoms with Gasteiger partial charge in [0.05, 0.1) is 47.8 Å². The van der Waals surface area contributed by atoms with Gasteiger partial charge in [-0.25, -0.2) is 0 Å². The number of Topliss-reactive ketones (excluding diaryl/α,β-unsaturated/α-hetero) is 1. The molecule has 5 bridgehead atoms. The van der Waals surface area contributed by atoms with Gasteiger partial charge in [0, 0.05) is 66.7 Å². The van der Waals surface area contributed by atoms with Crippen molar-refractivity contribution in [3.63, 3.8) is 0 Å². The van der Waals surface area contributed by atoms with Crippen molar-refractivity contribution < 1.29 is 64.0 Å². The van der Waals surface area contributed by atoms with E-state index in [2.05, 4.69) is 5.32 Å². The van der Waals surface area contributed by atoms with Gasteiger partial charge in [0.2, 0.25) is 0 Å². The standard InChI is InChI=1S/C38H49NO13/c1-16-11-10-12-17(2)37(48)39-28-23(15-40)32(45)25-26(33(28)46)31(44)21(6)35-27(25)36(47)38(8,52-35)50-14-13-24(49-9)18(3)34(51-22(7)41)20(5)30(43)19(4)29(16)42/h10-14,16,18-20,24,29-30,34,40,42-46H,15H2,1-9H3,(H,39,48)/b11-10+,14-13+,17-12-/t16-,18+,19+,20+,24-,29-,30+,34+,38-/m0/s1. The number of amides is 1. The highest BCUT2D eigenvalue weighted by Gasteiger charge is 2.50. The molecule has 3 aliphatic rings. The number of ketones is 1. The molecule has 0 fully saturated rings. The maximum Gasteiger partial charge on any atom is 0.312 e. The SMILES string of the molecule is CO[C@H]1/C=C/O[C@@]2(C)Oc3c(C)c(O)c4c(O)c(c(CO)c(O)c4c3C2=O)NC(=O)/C(C)=C\C=C\[C@H](C)[C@H](O)[C@@H](C)[C@@H](O)[C@@H](C)[C@H](OC(C)=O)[C@@H]1C. The third kappa shape index (κ3) is 7.20. The first-order valence-electron chi connectivity index (χ1n) is 17.0. The molecule has 0 spiro atoms. The number of rotatable bonds is 3. The van der Waals surface area contributed by atoms with Crippen LogP contribution in [0.1, 0.15) is 70.0 Å². The number of phenols is 3. The lowest BCUT2D eigenvalue weighted by Gasteiger charge is -2.38. The molecular weight excluding hydrogens is 678 g/mol. The minimum atomic E-state index is -2.05. The summed E-state index contributed by atoms with van der Waals surface area (Å²) in [6.45, 7) is 11.4. The molecule has 0 aromatic heterocycles. The summed E-state index contributed by atoms with van der Waals surface area (Å²) >= 11 is 0. The van der Waals surface area contributed by atoms with Gasteiger partial charge in [0.1, 0.15) is 23.4 Å². The van der Waals surface area contributed by atoms with Crippen molar-refractivity contribution in [3.05, 3.63) is 52.8 Å². The van der Waals surface area contributed by atoms with Crippen molar-refractivity contribution in [1.29, 1.82) is 0 Å². The Morgan fingerprint density at radius 3 is 2.19 bits per heavy atom. The molecule has 0 aliphatic carbocycles. The van der Waals surface area contributed by atoms with E-state index in [-0.39, 0.29) is 44.5 Å². The lowest BCUT2D eigenvalue weighted by molar-refractivity contribution is -0.160. The molecule has 3 aliphatic heterocycles. The molecule has 2 aromatic carbocycles. The number of esters is 1. The Hall–Kier alpha value is -4.63. The van der Waals surface area contributed by atoms with Crippen LogP contribution in [-0.4, -0.2) is 85.6 Å². The number of anilines is 1. The van der Waals surface area contributed by atoms with Gasteiger partial charge in [0.15, 0.2) is 5.75 Å². The monoisotopic (exact) mass is 727 g/mol. The minimum Gasteiger partial charge on any atom is -0.507 e. The molecule has 3 heterocycles. The number of methoxy groups -OCH3 is 1. The van der Waals surface area contributed by atoms with Crippen LogP contribution in [-0.2, 0) is 30.4 Å². The molecule has 0 radical (unpaired) electrons. The van der Waals surface area contributed by atoms with Gasteiger partial charge >= 0.3 is 11.8 Å². The lowest BCUT2D eigenvalue weighted by Crippen LogP contribution is -2.46. The number of benzene rings is 2. The van der Waals surface area contributed by atoms with Crippen LogP contribution in [0.5, 0.6) is 23.0 Å². The van der Waals surface area contributed by atoms with Gasteiger partial charge in [-0.05, 0) is 19.9 Å². The van der Waals surface area contributed by atoms with Gasteiger partial charge in [0.25, 0.3) is 11.7 Å². The maximum atomic E-state index is 14.1. The number of aliphatic hydroxyl groups excluding tert-OH is 3. The summed E-state index contributed by atoms with van der Waals surface area (Å²) in [4.78, 5) is 39.6. The average Bonchev–Trinajstić information content (AvgIpc) is 3.36. The molecule has 1 amide bonds. The largest absolute Gasteiger partial charge is 0.507 e. The van der Waals surface area contributed by atoms with Crippen LogP contribution in [0.3, 0.4) is 0 Å². The van der Waals surface area contributed by atoms with Crippen molar-refractivity contribution >= 4 is 34.1 Å². The van der Waals surface area contributed by atoms with E-state index in [0.717, 1.165) is 6.26 Å². The number of fused-ring (bicyclic) bond motifs is 14. The Bertz CT molecular complexity index is 1830. The topological polar surface area (TPSA) is 222 Å². The van der Waals surface area contributed by atoms with E-state index in [4.69, 9.17) is 18.9 Å². The maximum absolute atomic E-state index is 14.1. The van der Waals surface area contributed by atoms with E-state index in [0.29, 0.717) is 0 Å². The summed E-state index contributed by atoms with van der Waals surface area (Å²) in [6.07, 6.45) is 3.35. The summed E-state index contributed by atoms with van der Waals surface area (Å²) in [6, 6.07) is 0. The van der Waals surface area contributed by atoms with Crippen LogP contribution in [0.25, 0.3) is 10.8 Å². The number of hydrogen-bond acceptors (Lipinski definition) is 13. The van der Waals surface area contributed by atoms with Crippen LogP contribution < -0.4 is 10.1 Å². The molecule has 284 valence electrons. The highest BCUT2D eigenvalue weighted by Crippen LogP contribution is 2.55. The van der Waals surface area contributed by atoms with E-state index in [9.17, 15) is 45.0 Å². The highest BCUT2D eigenvalue weighted by molar-refractivity contribution is 6.22. The summed E-state index contributed by atoms with van der Waals surface area (Å²) < 4.78 is 23.2. The molecule has 0 saturated carbocycles. The molecule has 9 atom stereocenters. The lowest BCUT2D eigenvalue weighted by atomic mass is 9.78. The number of carbonyl (C=O) groups excluding carboxylic acids is 3. The van der Waals surface area contributed by atoms with E-state index < -0.39 is 95.4 Å². The van der Waals surface area contributed by atoms with E-state index in [1.807, 2.05) is 0 Å². The Kier molecular flexibility index (Phi) is 12.0. The van der Waals surface area contributed by atoms with E-state index >= 15 is 0 Å². The second-order valence-electron chi connectivity index (χ2n) is 13.8. The van der Waals surface area contributed by atoms with E-state index in [1.165, 1.54) is 53.0 Å². The zero-order valence-electron chi connectivity index (χ0n) is 30.8. The van der Waals surface area contributed by atoms with Crippen molar-refractivity contribution in [2.24, 2.45) is 23.7 Å². The fraction of sp³-hybridized carbons (Fsp3) is 0.500. The van der Waals surface area contributed by atoms with Crippen LogP contribution in [0.15, 0.2) is 36.1 Å². The quantitative estimate of drug-likeness (QED) is 0.134. The number of phenolic OH excluding ortho intramolecular Hbond substituents is 2. The molecule has 52 heavy (non-hydrogen) atoms. The smallest absolute Gasteiger partial charge is 0.312 e. The number of carbonyl (C=O) groups is 3. The fourth-order valence-corrected chi connectivity index (χ4v) is 6.94. The first kappa shape index (κ1) is 40.1. The zero-order valence-corrected chi connectivity index (χ0v) is 30.8. The highest BCUT2D eigenvalue weighted by atomic mass is 16.7. The van der Waals surface area contributed by atoms with Crippen molar-refractivity contribution in [1.82, 2.24) is 0 Å². The number of ether oxygens (including phenoxy) is 4. The molecule has 2 aromatic rings. The van der Waals surface area contributed by atoms with Crippen LogP contribution in [0.4, 0.5) is 5.69 Å². The summed E-state index contributed by atoms with van der Waals surface area (Å²) in [5, 5.41) is 68.9. The van der Waals surface area contributed by atoms with Crippen molar-refractivity contribution in [2.45, 2.75) is 92.2 Å². The molecule has 14 nitrogen and oxygen atoms in total. The minimum absolute atomic E-state index is 0.0216. The Morgan fingerprint density at radius 2 is 1.60 bits per heavy atom. The van der Waals surface area contributed by atoms with Gasteiger partial charge in [-0.1, -0.05) is 45.9 Å². The van der Waals surface area contributed by atoms with Crippen LogP contribution in [0.2, 0.25) is 0 Å². The van der Waals surface area contributed by atoms with Crippen LogP contribution in [0, 0.1) is 30.6 Å². The summed E-state index contributed by atoms with van der Waals surface area (Å²) in [7, 11) is 1.42. The fourth-order valence-electron chi connectivity index (χ4n) is 6.94. The number of nitrogens with one attached hydrogen (secondary N) is 1. The number of aliphatic hydroxyl groups is 3. The number of aromatic hydroxyl groups is 3. The summed E-state index contributed by atoms with van der Waals surface area (Å²) in [5.74, 6) is -8.78. The average molecular weight is 728 g/mol. The van der Waals surface area contributed by atoms with Crippen molar-refractivity contribution in [2.75, 3.05) is 12.4 Å². The third-order valence-electron chi connectivity index (χ3n) is 10.3. The first-order valence-corrected chi connectivity index (χ1v) is 17.0. The second kappa shape index (κ2) is 15.5. The van der Waals surface area contributed by atoms with Gasteiger partial charge in [-0.2, -0.15) is 0 Å². The van der Waals surface area contributed by atoms with Gasteiger partial charge < -0.3 is 54.9 Å². The summed E-state index contributed by atoms with van der Waals surface area (Å²) in [5.41, 5.74) is -0.812. The predicted molar refractivity (Wildman–Crippen MR) is 190 cm³/mol. The second-order valence-corrected chi connectivity index (χ2v) is 13.8. The van der Waals surface area contributed by atoms with E-state index in [1.54, 1.807) is 33.8 Å². The number of allylic oxidation sites excluding steroid dienone is 2. The normalized spacial score (nSPS) is 32.4. The molecule has 14 heteroatoms. The predicted octanol–water partition coefficient (Wildman–Crippen LogP) is 4.25. The Balaban J connectivity index is 1.93. The van der Waals surface area contributed by atoms with Crippen molar-refractivity contribution in [3.8, 4) is 23.0 Å². The third-order valence-corrected chi connectivity index (χ3v) is 10.3. The Morgan fingerprint density at radius 1 is 0.942 bits per heavy atom. The van der Waals surface area contributed by atoms with Gasteiger partial charge in [-0.15, -0.1) is 0 Å². The number of hydrogen-bond donors (Lipinski definition) is 7. The molecule has 5 rings (SSSR count).